The molecule has 0 saturated carbocycles. The number of hydrogen-bond acceptors (Lipinski definition) is 3. The Labute approximate surface area is 136 Å². The van der Waals surface area contributed by atoms with Crippen LogP contribution >= 0.6 is 39.7 Å². The van der Waals surface area contributed by atoms with E-state index >= 15 is 0 Å². The lowest BCUT2D eigenvalue weighted by Gasteiger charge is -2.14. The smallest absolute Gasteiger partial charge is 0.142 e. The third-order valence-corrected chi connectivity index (χ3v) is 3.63. The van der Waals surface area contributed by atoms with Gasteiger partial charge in [-0.05, 0) is 36.4 Å². The average Bonchev–Trinajstić information content (AvgIpc) is 2.41. The fraction of sp³-hybridized carbons (Fsp3) is 0.0714. The van der Waals surface area contributed by atoms with Crippen molar-refractivity contribution in [2.45, 2.75) is 0 Å². The Hall–Kier alpha value is -1.30. The molecule has 0 unspecified atom stereocenters. The molecular formula is C14H12BrClN2OS. The summed E-state index contributed by atoms with van der Waals surface area (Å²) in [6, 6.07) is 11.0. The van der Waals surface area contributed by atoms with E-state index in [4.69, 9.17) is 34.3 Å². The van der Waals surface area contributed by atoms with Gasteiger partial charge in [0.25, 0.3) is 0 Å². The quantitative estimate of drug-likeness (QED) is 0.777. The molecule has 0 fully saturated rings. The molecular weight excluding hydrogens is 360 g/mol. The maximum absolute atomic E-state index is 5.97. The first kappa shape index (κ1) is 15.1. The minimum atomic E-state index is 0.281. The van der Waals surface area contributed by atoms with Gasteiger partial charge in [0.2, 0.25) is 0 Å². The summed E-state index contributed by atoms with van der Waals surface area (Å²) in [5, 5.41) is 3.84. The number of methoxy groups -OCH3 is 1. The number of ether oxygens (including phenoxy) is 1. The summed E-state index contributed by atoms with van der Waals surface area (Å²) in [5.74, 6) is 0.719. The lowest BCUT2D eigenvalue weighted by atomic mass is 10.1. The topological polar surface area (TPSA) is 47.3 Å². The van der Waals surface area contributed by atoms with Gasteiger partial charge in [0.15, 0.2) is 0 Å². The Morgan fingerprint density at radius 2 is 2.00 bits per heavy atom. The molecule has 0 aliphatic heterocycles. The molecule has 2 aromatic carbocycles. The second-order valence-electron chi connectivity index (χ2n) is 4.02. The Bertz CT molecular complexity index is 664. The number of halogens is 2. The molecule has 0 spiro atoms. The van der Waals surface area contributed by atoms with E-state index in [0.29, 0.717) is 10.6 Å². The van der Waals surface area contributed by atoms with Gasteiger partial charge in [0.1, 0.15) is 10.7 Å². The standard InChI is InChI=1S/C14H12BrClN2OS/c1-19-13-5-2-8(15)6-12(13)18-11-4-3-9(16)7-10(11)14(17)20/h2-7,18H,1H3,(H2,17,20). The molecule has 2 rings (SSSR count). The third-order valence-electron chi connectivity index (χ3n) is 2.68. The second kappa shape index (κ2) is 6.43. The van der Waals surface area contributed by atoms with E-state index < -0.39 is 0 Å². The van der Waals surface area contributed by atoms with Gasteiger partial charge in [-0.2, -0.15) is 0 Å². The van der Waals surface area contributed by atoms with Gasteiger partial charge in [0.05, 0.1) is 12.8 Å². The summed E-state index contributed by atoms with van der Waals surface area (Å²) in [4.78, 5) is 0.281. The highest BCUT2D eigenvalue weighted by atomic mass is 79.9. The number of nitrogens with one attached hydrogen (secondary N) is 1. The Balaban J connectivity index is 2.44. The average molecular weight is 372 g/mol. The van der Waals surface area contributed by atoms with Crippen molar-refractivity contribution in [3.8, 4) is 5.75 Å². The van der Waals surface area contributed by atoms with Crippen LogP contribution in [-0.2, 0) is 0 Å². The molecule has 0 aliphatic carbocycles. The van der Waals surface area contributed by atoms with E-state index in [0.717, 1.165) is 21.6 Å². The van der Waals surface area contributed by atoms with Crippen LogP contribution in [0.25, 0.3) is 0 Å². The SMILES string of the molecule is COc1ccc(Br)cc1Nc1ccc(Cl)cc1C(N)=S. The van der Waals surface area contributed by atoms with Crippen LogP contribution in [0.5, 0.6) is 5.75 Å². The summed E-state index contributed by atoms with van der Waals surface area (Å²) in [5.41, 5.74) is 8.00. The minimum absolute atomic E-state index is 0.281. The van der Waals surface area contributed by atoms with Crippen molar-refractivity contribution in [2.24, 2.45) is 5.73 Å². The molecule has 0 saturated heterocycles. The first-order valence-electron chi connectivity index (χ1n) is 5.71. The van der Waals surface area contributed by atoms with Gasteiger partial charge >= 0.3 is 0 Å². The first-order chi connectivity index (χ1) is 9.51. The highest BCUT2D eigenvalue weighted by Gasteiger charge is 2.09. The van der Waals surface area contributed by atoms with E-state index in [9.17, 15) is 0 Å². The number of benzene rings is 2. The van der Waals surface area contributed by atoms with E-state index in [1.165, 1.54) is 0 Å². The van der Waals surface area contributed by atoms with Gasteiger partial charge in [-0.15, -0.1) is 0 Å². The van der Waals surface area contributed by atoms with E-state index in [-0.39, 0.29) is 4.99 Å². The molecule has 0 aromatic heterocycles. The summed E-state index contributed by atoms with van der Waals surface area (Å²) in [6.45, 7) is 0. The summed E-state index contributed by atoms with van der Waals surface area (Å²) in [7, 11) is 1.62. The van der Waals surface area contributed by atoms with Crippen molar-refractivity contribution in [3.63, 3.8) is 0 Å². The van der Waals surface area contributed by atoms with Crippen molar-refractivity contribution in [1.82, 2.24) is 0 Å². The zero-order valence-corrected chi connectivity index (χ0v) is 13.8. The van der Waals surface area contributed by atoms with Crippen molar-refractivity contribution >= 4 is 56.1 Å². The Kier molecular flexibility index (Phi) is 4.86. The van der Waals surface area contributed by atoms with Crippen LogP contribution in [-0.4, -0.2) is 12.1 Å². The molecule has 20 heavy (non-hydrogen) atoms. The second-order valence-corrected chi connectivity index (χ2v) is 5.82. The molecule has 0 radical (unpaired) electrons. The highest BCUT2D eigenvalue weighted by Crippen LogP contribution is 2.32. The van der Waals surface area contributed by atoms with Crippen LogP contribution < -0.4 is 15.8 Å². The molecule has 0 aliphatic rings. The number of nitrogens with two attached hydrogens (primary N) is 1. The van der Waals surface area contributed by atoms with Crippen molar-refractivity contribution < 1.29 is 4.74 Å². The predicted molar refractivity (Wildman–Crippen MR) is 91.3 cm³/mol. The number of rotatable bonds is 4. The molecule has 0 atom stereocenters. The molecule has 0 heterocycles. The van der Waals surface area contributed by atoms with E-state index in [2.05, 4.69) is 21.2 Å². The van der Waals surface area contributed by atoms with Gasteiger partial charge < -0.3 is 15.8 Å². The summed E-state index contributed by atoms with van der Waals surface area (Å²) >= 11 is 14.5. The van der Waals surface area contributed by atoms with Crippen molar-refractivity contribution in [1.29, 1.82) is 0 Å². The lowest BCUT2D eigenvalue weighted by Crippen LogP contribution is -2.12. The normalized spacial score (nSPS) is 10.2. The fourth-order valence-electron chi connectivity index (χ4n) is 1.75. The Morgan fingerprint density at radius 1 is 1.25 bits per heavy atom. The molecule has 3 N–H and O–H groups in total. The van der Waals surface area contributed by atoms with Crippen molar-refractivity contribution in [2.75, 3.05) is 12.4 Å². The van der Waals surface area contributed by atoms with E-state index in [1.807, 2.05) is 24.3 Å². The number of hydrogen-bond donors (Lipinski definition) is 2. The van der Waals surface area contributed by atoms with Gasteiger partial charge in [-0.3, -0.25) is 0 Å². The van der Waals surface area contributed by atoms with Gasteiger partial charge in [0, 0.05) is 20.7 Å². The molecule has 6 heteroatoms. The zero-order chi connectivity index (χ0) is 14.7. The molecule has 2 aromatic rings. The van der Waals surface area contributed by atoms with E-state index in [1.54, 1.807) is 19.2 Å². The monoisotopic (exact) mass is 370 g/mol. The van der Waals surface area contributed by atoms with Crippen LogP contribution in [0.1, 0.15) is 5.56 Å². The highest BCUT2D eigenvalue weighted by molar-refractivity contribution is 9.10. The summed E-state index contributed by atoms with van der Waals surface area (Å²) in [6.07, 6.45) is 0. The predicted octanol–water partition coefficient (Wildman–Crippen LogP) is 4.49. The maximum atomic E-state index is 5.97. The van der Waals surface area contributed by atoms with Gasteiger partial charge in [-0.1, -0.05) is 39.7 Å². The molecule has 0 bridgehead atoms. The number of anilines is 2. The van der Waals surface area contributed by atoms with Crippen LogP contribution in [0.15, 0.2) is 40.9 Å². The molecule has 104 valence electrons. The van der Waals surface area contributed by atoms with Crippen LogP contribution in [0.3, 0.4) is 0 Å². The molecule has 3 nitrogen and oxygen atoms in total. The van der Waals surface area contributed by atoms with Crippen LogP contribution in [0, 0.1) is 0 Å². The fourth-order valence-corrected chi connectivity index (χ4v) is 2.45. The van der Waals surface area contributed by atoms with Crippen LogP contribution in [0.4, 0.5) is 11.4 Å². The first-order valence-corrected chi connectivity index (χ1v) is 7.29. The third kappa shape index (κ3) is 3.42. The number of thiocarbonyl (C=S) groups is 1. The Morgan fingerprint density at radius 3 is 2.65 bits per heavy atom. The maximum Gasteiger partial charge on any atom is 0.142 e. The minimum Gasteiger partial charge on any atom is -0.495 e. The molecule has 0 amide bonds. The summed E-state index contributed by atoms with van der Waals surface area (Å²) < 4.78 is 6.26. The van der Waals surface area contributed by atoms with Gasteiger partial charge in [-0.25, -0.2) is 0 Å². The zero-order valence-electron chi connectivity index (χ0n) is 10.6. The van der Waals surface area contributed by atoms with Crippen LogP contribution in [0.2, 0.25) is 5.02 Å². The van der Waals surface area contributed by atoms with Crippen molar-refractivity contribution in [3.05, 3.63) is 51.5 Å². The lowest BCUT2D eigenvalue weighted by molar-refractivity contribution is 0.417. The largest absolute Gasteiger partial charge is 0.495 e.